The molecule has 0 fully saturated rings. The minimum atomic E-state index is -1.14. The first-order valence-electron chi connectivity index (χ1n) is 8.66. The zero-order chi connectivity index (χ0) is 22.1. The number of esters is 2. The molecule has 0 aromatic carbocycles. The van der Waals surface area contributed by atoms with Crippen molar-refractivity contribution in [2.75, 3.05) is 5.73 Å². The lowest BCUT2D eigenvalue weighted by atomic mass is 10.1. The summed E-state index contributed by atoms with van der Waals surface area (Å²) >= 11 is 0. The first-order valence-corrected chi connectivity index (χ1v) is 8.66. The topological polar surface area (TPSA) is 132 Å². The van der Waals surface area contributed by atoms with E-state index in [0.717, 1.165) is 0 Å². The van der Waals surface area contributed by atoms with Crippen LogP contribution < -0.4 is 10.6 Å². The second kappa shape index (κ2) is 7.69. The Morgan fingerprint density at radius 2 is 1.21 bits per heavy atom. The van der Waals surface area contributed by atoms with Crippen molar-refractivity contribution in [2.24, 2.45) is 0 Å². The summed E-state index contributed by atoms with van der Waals surface area (Å²) in [5.74, 6) is -2.25. The lowest BCUT2D eigenvalue weighted by Crippen LogP contribution is -2.34. The first kappa shape index (κ1) is 23.3. The standard InChI is InChI=1S/C18H29N3O7/c1-16(2,3)25-13(22)10-11(14(23)26-17(4,5)6)21(20-12(10)19)28-15(24)27-18(7,8)9/h1-9H3,(H2,19,20). The normalized spacial score (nSPS) is 12.3. The highest BCUT2D eigenvalue weighted by molar-refractivity contribution is 6.05. The number of anilines is 1. The summed E-state index contributed by atoms with van der Waals surface area (Å²) in [6.45, 7) is 14.7. The molecule has 0 unspecified atom stereocenters. The zero-order valence-electron chi connectivity index (χ0n) is 17.8. The minimum absolute atomic E-state index is 0.362. The molecule has 0 radical (unpaired) electrons. The fraction of sp³-hybridized carbons (Fsp3) is 0.667. The Kier molecular flexibility index (Phi) is 6.38. The van der Waals surface area contributed by atoms with Gasteiger partial charge in [0.2, 0.25) is 5.69 Å². The van der Waals surface area contributed by atoms with E-state index in [0.29, 0.717) is 4.85 Å². The fourth-order valence-electron chi connectivity index (χ4n) is 1.86. The van der Waals surface area contributed by atoms with Crippen molar-refractivity contribution in [1.82, 2.24) is 9.94 Å². The molecule has 0 saturated heterocycles. The predicted octanol–water partition coefficient (Wildman–Crippen LogP) is 2.74. The molecule has 0 aliphatic carbocycles. The van der Waals surface area contributed by atoms with E-state index in [1.807, 2.05) is 0 Å². The van der Waals surface area contributed by atoms with Crippen molar-refractivity contribution in [3.63, 3.8) is 0 Å². The van der Waals surface area contributed by atoms with Gasteiger partial charge in [-0.3, -0.25) is 4.84 Å². The molecule has 0 bridgehead atoms. The number of hydrogen-bond acceptors (Lipinski definition) is 9. The lowest BCUT2D eigenvalue weighted by molar-refractivity contribution is -0.0230. The number of carbonyl (C=O) groups excluding carboxylic acids is 3. The molecule has 0 amide bonds. The van der Waals surface area contributed by atoms with Gasteiger partial charge < -0.3 is 19.9 Å². The number of aromatic nitrogens is 2. The van der Waals surface area contributed by atoms with E-state index in [9.17, 15) is 14.4 Å². The third kappa shape index (κ3) is 7.09. The minimum Gasteiger partial charge on any atom is -0.456 e. The number of nitrogens with zero attached hydrogens (tertiary/aromatic N) is 2. The molecule has 10 nitrogen and oxygen atoms in total. The molecule has 0 spiro atoms. The first-order chi connectivity index (χ1) is 12.4. The van der Waals surface area contributed by atoms with E-state index in [4.69, 9.17) is 24.8 Å². The van der Waals surface area contributed by atoms with E-state index in [1.165, 1.54) is 0 Å². The number of nitrogens with two attached hydrogens (primary N) is 1. The maximum atomic E-state index is 12.7. The van der Waals surface area contributed by atoms with Crippen molar-refractivity contribution in [3.05, 3.63) is 11.3 Å². The van der Waals surface area contributed by atoms with Crippen LogP contribution in [0.5, 0.6) is 0 Å². The van der Waals surface area contributed by atoms with Crippen molar-refractivity contribution in [2.45, 2.75) is 79.1 Å². The molecule has 1 rings (SSSR count). The summed E-state index contributed by atoms with van der Waals surface area (Å²) in [5, 5.41) is 3.75. The van der Waals surface area contributed by atoms with Crippen LogP contribution in [0.4, 0.5) is 10.6 Å². The van der Waals surface area contributed by atoms with Crippen LogP contribution in [0.15, 0.2) is 0 Å². The van der Waals surface area contributed by atoms with Crippen molar-refractivity contribution in [3.8, 4) is 0 Å². The van der Waals surface area contributed by atoms with Gasteiger partial charge in [-0.25, -0.2) is 14.4 Å². The highest BCUT2D eigenvalue weighted by Crippen LogP contribution is 2.23. The monoisotopic (exact) mass is 399 g/mol. The van der Waals surface area contributed by atoms with Gasteiger partial charge in [-0.15, -0.1) is 5.10 Å². The van der Waals surface area contributed by atoms with Crippen LogP contribution in [-0.4, -0.2) is 44.8 Å². The van der Waals surface area contributed by atoms with Gasteiger partial charge in [-0.2, -0.15) is 0 Å². The van der Waals surface area contributed by atoms with Crippen LogP contribution in [-0.2, 0) is 14.2 Å². The summed E-state index contributed by atoms with van der Waals surface area (Å²) in [7, 11) is 0. The number of ether oxygens (including phenoxy) is 3. The molecule has 0 aliphatic heterocycles. The number of hydrogen-bond donors (Lipinski definition) is 1. The third-order valence-electron chi connectivity index (χ3n) is 2.63. The third-order valence-corrected chi connectivity index (χ3v) is 2.63. The van der Waals surface area contributed by atoms with Crippen LogP contribution >= 0.6 is 0 Å². The Balaban J connectivity index is 3.40. The molecule has 1 aromatic heterocycles. The fourth-order valence-corrected chi connectivity index (χ4v) is 1.86. The SMILES string of the molecule is CC(C)(C)OC(=O)On1nc(N)c(C(=O)OC(C)(C)C)c1C(=O)OC(C)(C)C. The maximum absolute atomic E-state index is 12.7. The number of rotatable bonds is 3. The van der Waals surface area contributed by atoms with E-state index < -0.39 is 40.6 Å². The van der Waals surface area contributed by atoms with Gasteiger partial charge in [-0.1, -0.05) is 4.85 Å². The van der Waals surface area contributed by atoms with Crippen molar-refractivity contribution < 1.29 is 33.4 Å². The quantitative estimate of drug-likeness (QED) is 0.601. The molecular weight excluding hydrogens is 370 g/mol. The van der Waals surface area contributed by atoms with Crippen LogP contribution in [0, 0.1) is 0 Å². The molecule has 1 heterocycles. The van der Waals surface area contributed by atoms with Crippen LogP contribution in [0.1, 0.15) is 83.2 Å². The Hall–Kier alpha value is -2.78. The number of carbonyl (C=O) groups is 3. The van der Waals surface area contributed by atoms with E-state index in [1.54, 1.807) is 62.3 Å². The summed E-state index contributed by atoms with van der Waals surface area (Å²) < 4.78 is 15.6. The molecule has 28 heavy (non-hydrogen) atoms. The Morgan fingerprint density at radius 3 is 1.64 bits per heavy atom. The van der Waals surface area contributed by atoms with Gasteiger partial charge in [0.25, 0.3) is 0 Å². The average Bonchev–Trinajstić information content (AvgIpc) is 2.68. The van der Waals surface area contributed by atoms with Gasteiger partial charge in [0.15, 0.2) is 5.82 Å². The maximum Gasteiger partial charge on any atom is 0.535 e. The van der Waals surface area contributed by atoms with Gasteiger partial charge in [0, 0.05) is 0 Å². The lowest BCUT2D eigenvalue weighted by Gasteiger charge is -2.22. The van der Waals surface area contributed by atoms with Crippen LogP contribution in [0.2, 0.25) is 0 Å². The molecule has 0 atom stereocenters. The second-order valence-electron chi connectivity index (χ2n) is 9.04. The van der Waals surface area contributed by atoms with Gasteiger partial charge in [-0.05, 0) is 62.3 Å². The van der Waals surface area contributed by atoms with Crippen molar-refractivity contribution >= 4 is 23.9 Å². The average molecular weight is 399 g/mol. The predicted molar refractivity (Wildman–Crippen MR) is 99.8 cm³/mol. The van der Waals surface area contributed by atoms with Crippen LogP contribution in [0.3, 0.4) is 0 Å². The Bertz CT molecular complexity index is 762. The largest absolute Gasteiger partial charge is 0.535 e. The Morgan fingerprint density at radius 1 is 0.786 bits per heavy atom. The summed E-state index contributed by atoms with van der Waals surface area (Å²) in [4.78, 5) is 42.7. The zero-order valence-corrected chi connectivity index (χ0v) is 17.8. The van der Waals surface area contributed by atoms with Crippen molar-refractivity contribution in [1.29, 1.82) is 0 Å². The summed E-state index contributed by atoms with van der Waals surface area (Å²) in [6.07, 6.45) is -1.14. The molecule has 0 saturated carbocycles. The molecule has 1 aromatic rings. The highest BCUT2D eigenvalue weighted by Gasteiger charge is 2.35. The molecule has 158 valence electrons. The molecule has 2 N–H and O–H groups in total. The number of nitrogen functional groups attached to an aromatic ring is 1. The van der Waals surface area contributed by atoms with Gasteiger partial charge in [0.05, 0.1) is 0 Å². The second-order valence-corrected chi connectivity index (χ2v) is 9.04. The van der Waals surface area contributed by atoms with Gasteiger partial charge in [0.1, 0.15) is 22.4 Å². The van der Waals surface area contributed by atoms with E-state index in [-0.39, 0.29) is 11.4 Å². The van der Waals surface area contributed by atoms with E-state index >= 15 is 0 Å². The summed E-state index contributed by atoms with van der Waals surface area (Å²) in [5.41, 5.74) is 2.35. The smallest absolute Gasteiger partial charge is 0.456 e. The molecular formula is C18H29N3O7. The summed E-state index contributed by atoms with van der Waals surface area (Å²) in [6, 6.07) is 0. The molecule has 10 heteroatoms. The highest BCUT2D eigenvalue weighted by atomic mass is 16.8. The van der Waals surface area contributed by atoms with E-state index in [2.05, 4.69) is 5.10 Å². The van der Waals surface area contributed by atoms with Gasteiger partial charge >= 0.3 is 18.1 Å². The Labute approximate surface area is 164 Å². The molecule has 0 aliphatic rings. The van der Waals surface area contributed by atoms with Crippen LogP contribution in [0.25, 0.3) is 0 Å².